The second-order valence-corrected chi connectivity index (χ2v) is 6.21. The van der Waals surface area contributed by atoms with E-state index in [-0.39, 0.29) is 11.7 Å². The molecule has 0 radical (unpaired) electrons. The van der Waals surface area contributed by atoms with Gasteiger partial charge in [0.2, 0.25) is 0 Å². The van der Waals surface area contributed by atoms with Gasteiger partial charge in [0.25, 0.3) is 5.91 Å². The second kappa shape index (κ2) is 5.68. The van der Waals surface area contributed by atoms with Gasteiger partial charge in [0.05, 0.1) is 6.20 Å². The average molecular weight is 293 g/mol. The van der Waals surface area contributed by atoms with Gasteiger partial charge in [-0.25, -0.2) is 9.37 Å². The van der Waals surface area contributed by atoms with Crippen LogP contribution in [-0.2, 0) is 0 Å². The molecule has 0 bridgehead atoms. The van der Waals surface area contributed by atoms with Crippen LogP contribution in [0, 0.1) is 5.82 Å². The molecule has 3 N–H and O–H groups in total. The SMILES string of the molecule is CC(C)(N)CNC(=O)c1cnc(-c2ccccc2F)s1. The maximum Gasteiger partial charge on any atom is 0.263 e. The van der Waals surface area contributed by atoms with Gasteiger partial charge in [-0.15, -0.1) is 11.3 Å². The third-order valence-corrected chi connectivity index (χ3v) is 3.57. The Labute approximate surface area is 120 Å². The first kappa shape index (κ1) is 14.6. The van der Waals surface area contributed by atoms with E-state index < -0.39 is 5.54 Å². The fourth-order valence-corrected chi connectivity index (χ4v) is 2.39. The normalized spacial score (nSPS) is 11.4. The standard InChI is InChI=1S/C14H16FN3OS/c1-14(2,16)8-18-12(19)11-7-17-13(20-11)9-5-3-4-6-10(9)15/h3-7H,8,16H2,1-2H3,(H,18,19). The van der Waals surface area contributed by atoms with Crippen LogP contribution in [0.15, 0.2) is 30.5 Å². The number of carbonyl (C=O) groups excluding carboxylic acids is 1. The molecule has 0 atom stereocenters. The van der Waals surface area contributed by atoms with Gasteiger partial charge in [-0.05, 0) is 26.0 Å². The van der Waals surface area contributed by atoms with Crippen molar-refractivity contribution in [1.82, 2.24) is 10.3 Å². The average Bonchev–Trinajstić information content (AvgIpc) is 2.85. The number of aromatic nitrogens is 1. The third kappa shape index (κ3) is 3.61. The lowest BCUT2D eigenvalue weighted by molar-refractivity contribution is 0.0950. The van der Waals surface area contributed by atoms with E-state index in [4.69, 9.17) is 5.73 Å². The lowest BCUT2D eigenvalue weighted by atomic mass is 10.1. The lowest BCUT2D eigenvalue weighted by Gasteiger charge is -2.18. The minimum Gasteiger partial charge on any atom is -0.349 e. The minimum absolute atomic E-state index is 0.247. The number of nitrogens with one attached hydrogen (secondary N) is 1. The predicted octanol–water partition coefficient (Wildman–Crippen LogP) is 2.42. The van der Waals surface area contributed by atoms with E-state index in [0.717, 1.165) is 11.3 Å². The fraction of sp³-hybridized carbons (Fsp3) is 0.286. The molecule has 1 aromatic heterocycles. The second-order valence-electron chi connectivity index (χ2n) is 5.18. The Morgan fingerprint density at radius 3 is 2.80 bits per heavy atom. The Morgan fingerprint density at radius 2 is 2.15 bits per heavy atom. The summed E-state index contributed by atoms with van der Waals surface area (Å²) >= 11 is 1.15. The molecule has 0 fully saturated rings. The molecule has 2 rings (SSSR count). The molecule has 0 unspecified atom stereocenters. The first-order valence-corrected chi connectivity index (χ1v) is 6.96. The molecule has 0 aliphatic rings. The van der Waals surface area contributed by atoms with Crippen molar-refractivity contribution in [3.8, 4) is 10.6 Å². The van der Waals surface area contributed by atoms with Crippen LogP contribution in [-0.4, -0.2) is 23.0 Å². The molecule has 0 spiro atoms. The van der Waals surface area contributed by atoms with E-state index in [1.54, 1.807) is 18.2 Å². The van der Waals surface area contributed by atoms with E-state index in [1.165, 1.54) is 12.3 Å². The van der Waals surface area contributed by atoms with Gasteiger partial charge in [0, 0.05) is 17.6 Å². The molecule has 1 aromatic carbocycles. The summed E-state index contributed by atoms with van der Waals surface area (Å²) in [4.78, 5) is 16.5. The zero-order valence-corrected chi connectivity index (χ0v) is 12.1. The summed E-state index contributed by atoms with van der Waals surface area (Å²) in [5, 5.41) is 3.22. The molecule has 106 valence electrons. The topological polar surface area (TPSA) is 68.0 Å². The number of amides is 1. The minimum atomic E-state index is -0.477. The molecule has 2 aromatic rings. The first-order valence-electron chi connectivity index (χ1n) is 6.14. The summed E-state index contributed by atoms with van der Waals surface area (Å²) in [6.45, 7) is 4.01. The maximum atomic E-state index is 13.6. The third-order valence-electron chi connectivity index (χ3n) is 2.54. The smallest absolute Gasteiger partial charge is 0.263 e. The highest BCUT2D eigenvalue weighted by Crippen LogP contribution is 2.27. The molecule has 0 saturated heterocycles. The first-order chi connectivity index (χ1) is 9.37. The van der Waals surface area contributed by atoms with Gasteiger partial charge in [0.15, 0.2) is 0 Å². The van der Waals surface area contributed by atoms with Crippen LogP contribution >= 0.6 is 11.3 Å². The molecular weight excluding hydrogens is 277 g/mol. The number of thiazole rings is 1. The lowest BCUT2D eigenvalue weighted by Crippen LogP contribution is -2.44. The molecule has 0 aliphatic carbocycles. The van der Waals surface area contributed by atoms with Crippen molar-refractivity contribution < 1.29 is 9.18 Å². The van der Waals surface area contributed by atoms with Crippen LogP contribution in [0.25, 0.3) is 10.6 Å². The number of nitrogens with two attached hydrogens (primary N) is 1. The van der Waals surface area contributed by atoms with Crippen molar-refractivity contribution in [2.75, 3.05) is 6.54 Å². The van der Waals surface area contributed by atoms with Crippen LogP contribution in [0.5, 0.6) is 0 Å². The van der Waals surface area contributed by atoms with Gasteiger partial charge in [-0.2, -0.15) is 0 Å². The number of hydrogen-bond donors (Lipinski definition) is 2. The van der Waals surface area contributed by atoms with Crippen molar-refractivity contribution in [3.05, 3.63) is 41.2 Å². The molecule has 4 nitrogen and oxygen atoms in total. The summed E-state index contributed by atoms with van der Waals surface area (Å²) in [5.41, 5.74) is 5.72. The van der Waals surface area contributed by atoms with Crippen molar-refractivity contribution >= 4 is 17.2 Å². The number of benzene rings is 1. The van der Waals surface area contributed by atoms with Gasteiger partial charge < -0.3 is 11.1 Å². The Morgan fingerprint density at radius 1 is 1.45 bits per heavy atom. The summed E-state index contributed by atoms with van der Waals surface area (Å²) in [5.74, 6) is -0.597. The fourth-order valence-electron chi connectivity index (χ4n) is 1.53. The van der Waals surface area contributed by atoms with Gasteiger partial charge >= 0.3 is 0 Å². The molecule has 1 amide bonds. The van der Waals surface area contributed by atoms with Crippen LogP contribution in [0.4, 0.5) is 4.39 Å². The van der Waals surface area contributed by atoms with Crippen LogP contribution < -0.4 is 11.1 Å². The summed E-state index contributed by atoms with van der Waals surface area (Å²) in [7, 11) is 0. The van der Waals surface area contributed by atoms with Crippen molar-refractivity contribution in [2.45, 2.75) is 19.4 Å². The predicted molar refractivity (Wildman–Crippen MR) is 78.1 cm³/mol. The molecule has 1 heterocycles. The molecule has 0 saturated carbocycles. The van der Waals surface area contributed by atoms with E-state index in [9.17, 15) is 9.18 Å². The van der Waals surface area contributed by atoms with E-state index >= 15 is 0 Å². The summed E-state index contributed by atoms with van der Waals surface area (Å²) < 4.78 is 13.6. The Hall–Kier alpha value is -1.79. The highest BCUT2D eigenvalue weighted by atomic mass is 32.1. The van der Waals surface area contributed by atoms with Crippen molar-refractivity contribution in [2.24, 2.45) is 5.73 Å². The molecule has 20 heavy (non-hydrogen) atoms. The van der Waals surface area contributed by atoms with Crippen LogP contribution in [0.1, 0.15) is 23.5 Å². The maximum absolute atomic E-state index is 13.6. The largest absolute Gasteiger partial charge is 0.349 e. The summed E-state index contributed by atoms with van der Waals surface area (Å²) in [6.07, 6.45) is 1.45. The zero-order chi connectivity index (χ0) is 14.8. The Bertz CT molecular complexity index is 619. The van der Waals surface area contributed by atoms with Crippen LogP contribution in [0.3, 0.4) is 0 Å². The number of carbonyl (C=O) groups is 1. The monoisotopic (exact) mass is 293 g/mol. The molecular formula is C14H16FN3OS. The van der Waals surface area contributed by atoms with E-state index in [1.807, 2.05) is 13.8 Å². The van der Waals surface area contributed by atoms with Crippen molar-refractivity contribution in [1.29, 1.82) is 0 Å². The zero-order valence-electron chi connectivity index (χ0n) is 11.3. The quantitative estimate of drug-likeness (QED) is 0.909. The number of halogens is 1. The van der Waals surface area contributed by atoms with Gasteiger partial charge in [-0.1, -0.05) is 12.1 Å². The van der Waals surface area contributed by atoms with E-state index in [0.29, 0.717) is 22.0 Å². The number of nitrogens with zero attached hydrogens (tertiary/aromatic N) is 1. The number of rotatable bonds is 4. The van der Waals surface area contributed by atoms with Gasteiger partial charge in [0.1, 0.15) is 15.7 Å². The molecule has 6 heteroatoms. The van der Waals surface area contributed by atoms with Gasteiger partial charge in [-0.3, -0.25) is 4.79 Å². The highest BCUT2D eigenvalue weighted by molar-refractivity contribution is 7.16. The van der Waals surface area contributed by atoms with E-state index in [2.05, 4.69) is 10.3 Å². The highest BCUT2D eigenvalue weighted by Gasteiger charge is 2.16. The molecule has 0 aliphatic heterocycles. The number of hydrogen-bond acceptors (Lipinski definition) is 4. The van der Waals surface area contributed by atoms with Crippen molar-refractivity contribution in [3.63, 3.8) is 0 Å². The summed E-state index contributed by atoms with van der Waals surface area (Å²) in [6, 6.07) is 6.35. The van der Waals surface area contributed by atoms with Crippen LogP contribution in [0.2, 0.25) is 0 Å². The Kier molecular flexibility index (Phi) is 4.15. The Balaban J connectivity index is 2.13.